The number of hydrogen-bond donors (Lipinski definition) is 2. The molecule has 60 valence electrons. The monoisotopic (exact) mass is 152 g/mol. The molecule has 0 aromatic heterocycles. The summed E-state index contributed by atoms with van der Waals surface area (Å²) in [5, 5.41) is 2.57. The van der Waals surface area contributed by atoms with Crippen LogP contribution in [-0.4, -0.2) is 18.0 Å². The zero-order chi connectivity index (χ0) is 8.32. The number of carbonyl (C=O) groups is 1. The molecule has 3 nitrogen and oxygen atoms in total. The molecule has 0 radical (unpaired) electrons. The molecule has 0 aromatic rings. The summed E-state index contributed by atoms with van der Waals surface area (Å²) >= 11 is 0. The molecule has 1 amide bonds. The Labute approximate surface area is 66.3 Å². The topological polar surface area (TPSA) is 55.1 Å². The van der Waals surface area contributed by atoms with Gasteiger partial charge in [0.25, 0.3) is 5.91 Å². The lowest BCUT2D eigenvalue weighted by Gasteiger charge is -2.37. The van der Waals surface area contributed by atoms with Gasteiger partial charge in [-0.05, 0) is 25.2 Å². The molecule has 0 atom stereocenters. The van der Waals surface area contributed by atoms with Crippen LogP contribution in [0.1, 0.15) is 19.3 Å². The van der Waals surface area contributed by atoms with E-state index in [0.717, 1.165) is 19.3 Å². The summed E-state index contributed by atoms with van der Waals surface area (Å²) in [4.78, 5) is 10.6. The van der Waals surface area contributed by atoms with Crippen LogP contribution >= 0.6 is 0 Å². The average Bonchev–Trinajstić information content (AvgIpc) is 1.96. The zero-order valence-corrected chi connectivity index (χ0v) is 6.39. The lowest BCUT2D eigenvalue weighted by atomic mass is 9.78. The number of nitrogens with two attached hydrogens (primary N) is 1. The van der Waals surface area contributed by atoms with Gasteiger partial charge in [-0.2, -0.15) is 0 Å². The van der Waals surface area contributed by atoms with E-state index in [1.807, 2.05) is 5.92 Å². The summed E-state index contributed by atoms with van der Waals surface area (Å²) in [6, 6.07) is 0. The second kappa shape index (κ2) is 2.93. The van der Waals surface area contributed by atoms with E-state index in [1.165, 1.54) is 0 Å². The molecule has 0 spiro atoms. The van der Waals surface area contributed by atoms with Crippen LogP contribution < -0.4 is 11.1 Å². The number of nitrogens with one attached hydrogen (secondary N) is 1. The Kier molecular flexibility index (Phi) is 2.16. The molecule has 0 saturated heterocycles. The van der Waals surface area contributed by atoms with Crippen molar-refractivity contribution < 1.29 is 4.79 Å². The first kappa shape index (κ1) is 8.09. The molecule has 1 rings (SSSR count). The highest BCUT2D eigenvalue weighted by molar-refractivity contribution is 5.92. The standard InChI is InChI=1S/C8H12N2O/c1-2-7(11)10-6-8(9)4-3-5-8/h1H,3-6,9H2,(H,10,11). The lowest BCUT2D eigenvalue weighted by molar-refractivity contribution is -0.116. The van der Waals surface area contributed by atoms with Crippen LogP contribution in [0.4, 0.5) is 0 Å². The van der Waals surface area contributed by atoms with E-state index >= 15 is 0 Å². The maximum Gasteiger partial charge on any atom is 0.295 e. The van der Waals surface area contributed by atoms with E-state index in [0.29, 0.717) is 6.54 Å². The first-order chi connectivity index (χ1) is 5.16. The second-order valence-corrected chi connectivity index (χ2v) is 3.04. The normalized spacial score (nSPS) is 19.6. The van der Waals surface area contributed by atoms with Crippen molar-refractivity contribution in [2.24, 2.45) is 5.73 Å². The molecular weight excluding hydrogens is 140 g/mol. The minimum absolute atomic E-state index is 0.174. The highest BCUT2D eigenvalue weighted by Crippen LogP contribution is 2.27. The van der Waals surface area contributed by atoms with E-state index in [1.54, 1.807) is 0 Å². The fraction of sp³-hybridized carbons (Fsp3) is 0.625. The largest absolute Gasteiger partial charge is 0.343 e. The van der Waals surface area contributed by atoms with Gasteiger partial charge in [-0.3, -0.25) is 4.79 Å². The van der Waals surface area contributed by atoms with Crippen LogP contribution in [0.15, 0.2) is 0 Å². The van der Waals surface area contributed by atoms with Gasteiger partial charge < -0.3 is 11.1 Å². The summed E-state index contributed by atoms with van der Waals surface area (Å²) in [5.41, 5.74) is 5.65. The highest BCUT2D eigenvalue weighted by Gasteiger charge is 2.32. The third-order valence-electron chi connectivity index (χ3n) is 2.08. The maximum absolute atomic E-state index is 10.6. The van der Waals surface area contributed by atoms with Crippen molar-refractivity contribution >= 4 is 5.91 Å². The summed E-state index contributed by atoms with van der Waals surface area (Å²) in [7, 11) is 0. The Bertz CT molecular complexity index is 201. The molecule has 1 saturated carbocycles. The number of hydrogen-bond acceptors (Lipinski definition) is 2. The SMILES string of the molecule is C#CC(=O)NCC1(N)CCC1. The maximum atomic E-state index is 10.6. The van der Waals surface area contributed by atoms with Crippen molar-refractivity contribution in [3.63, 3.8) is 0 Å². The molecule has 1 aliphatic rings. The van der Waals surface area contributed by atoms with Crippen LogP contribution in [0, 0.1) is 12.3 Å². The molecular formula is C8H12N2O. The minimum atomic E-state index is -0.373. The van der Waals surface area contributed by atoms with Crippen molar-refractivity contribution in [3.8, 4) is 12.3 Å². The van der Waals surface area contributed by atoms with E-state index in [9.17, 15) is 4.79 Å². The molecule has 0 aromatic carbocycles. The Morgan fingerprint density at radius 3 is 2.73 bits per heavy atom. The van der Waals surface area contributed by atoms with Crippen LogP contribution in [0.5, 0.6) is 0 Å². The van der Waals surface area contributed by atoms with Gasteiger partial charge in [-0.15, -0.1) is 6.42 Å². The van der Waals surface area contributed by atoms with Crippen LogP contribution in [0.25, 0.3) is 0 Å². The van der Waals surface area contributed by atoms with Crippen LogP contribution in [0.3, 0.4) is 0 Å². The molecule has 3 N–H and O–H groups in total. The zero-order valence-electron chi connectivity index (χ0n) is 6.39. The Morgan fingerprint density at radius 1 is 1.73 bits per heavy atom. The molecule has 0 heterocycles. The number of amides is 1. The van der Waals surface area contributed by atoms with E-state index in [2.05, 4.69) is 5.32 Å². The van der Waals surface area contributed by atoms with Gasteiger partial charge in [0, 0.05) is 12.1 Å². The summed E-state index contributed by atoms with van der Waals surface area (Å²) in [6.07, 6.45) is 7.98. The third-order valence-corrected chi connectivity index (χ3v) is 2.08. The van der Waals surface area contributed by atoms with Gasteiger partial charge in [0.15, 0.2) is 0 Å². The lowest BCUT2D eigenvalue weighted by Crippen LogP contribution is -2.54. The molecule has 0 aliphatic heterocycles. The molecule has 0 unspecified atom stereocenters. The van der Waals surface area contributed by atoms with E-state index in [-0.39, 0.29) is 11.4 Å². The summed E-state index contributed by atoms with van der Waals surface area (Å²) < 4.78 is 0. The van der Waals surface area contributed by atoms with Gasteiger partial charge in [-0.1, -0.05) is 0 Å². The third kappa shape index (κ3) is 1.95. The molecule has 1 fully saturated rings. The number of carbonyl (C=O) groups excluding carboxylic acids is 1. The Balaban J connectivity index is 2.22. The average molecular weight is 152 g/mol. The first-order valence-corrected chi connectivity index (χ1v) is 3.70. The van der Waals surface area contributed by atoms with Gasteiger partial charge in [0.05, 0.1) is 0 Å². The summed E-state index contributed by atoms with van der Waals surface area (Å²) in [5.74, 6) is 1.61. The quantitative estimate of drug-likeness (QED) is 0.530. The van der Waals surface area contributed by atoms with Gasteiger partial charge in [0.2, 0.25) is 0 Å². The van der Waals surface area contributed by atoms with Crippen LogP contribution in [0.2, 0.25) is 0 Å². The highest BCUT2D eigenvalue weighted by atomic mass is 16.1. The van der Waals surface area contributed by atoms with Crippen molar-refractivity contribution in [1.82, 2.24) is 5.32 Å². The molecule has 0 bridgehead atoms. The van der Waals surface area contributed by atoms with Gasteiger partial charge >= 0.3 is 0 Å². The Morgan fingerprint density at radius 2 is 2.36 bits per heavy atom. The summed E-state index contributed by atoms with van der Waals surface area (Å²) in [6.45, 7) is 0.510. The van der Waals surface area contributed by atoms with Crippen molar-refractivity contribution in [2.45, 2.75) is 24.8 Å². The first-order valence-electron chi connectivity index (χ1n) is 3.70. The Hall–Kier alpha value is -1.01. The number of rotatable bonds is 2. The van der Waals surface area contributed by atoms with Gasteiger partial charge in [-0.25, -0.2) is 0 Å². The fourth-order valence-electron chi connectivity index (χ4n) is 1.12. The van der Waals surface area contributed by atoms with Crippen molar-refractivity contribution in [1.29, 1.82) is 0 Å². The van der Waals surface area contributed by atoms with E-state index in [4.69, 9.17) is 12.2 Å². The van der Waals surface area contributed by atoms with Crippen LogP contribution in [-0.2, 0) is 4.79 Å². The van der Waals surface area contributed by atoms with Gasteiger partial charge in [0.1, 0.15) is 0 Å². The van der Waals surface area contributed by atoms with Crippen molar-refractivity contribution in [2.75, 3.05) is 6.54 Å². The fourth-order valence-corrected chi connectivity index (χ4v) is 1.12. The predicted molar refractivity (Wildman–Crippen MR) is 42.6 cm³/mol. The molecule has 1 aliphatic carbocycles. The second-order valence-electron chi connectivity index (χ2n) is 3.04. The molecule has 3 heteroatoms. The number of terminal acetylenes is 1. The van der Waals surface area contributed by atoms with Crippen molar-refractivity contribution in [3.05, 3.63) is 0 Å². The molecule has 11 heavy (non-hydrogen) atoms. The smallest absolute Gasteiger partial charge is 0.295 e. The minimum Gasteiger partial charge on any atom is -0.343 e. The van der Waals surface area contributed by atoms with E-state index < -0.39 is 0 Å². The predicted octanol–water partition coefficient (Wildman–Crippen LogP) is -0.383.